The normalized spacial score (nSPS) is 20.8. The Morgan fingerprint density at radius 2 is 2.15 bits per heavy atom. The van der Waals surface area contributed by atoms with Crippen LogP contribution in [0.4, 0.5) is 0 Å². The van der Waals surface area contributed by atoms with Crippen LogP contribution in [-0.4, -0.2) is 12.0 Å². The van der Waals surface area contributed by atoms with Crippen LogP contribution >= 0.6 is 11.8 Å². The molecule has 0 aliphatic carbocycles. The summed E-state index contributed by atoms with van der Waals surface area (Å²) in [6, 6.07) is 8.37. The second-order valence-corrected chi connectivity index (χ2v) is 4.08. The molecule has 1 heterocycles. The van der Waals surface area contributed by atoms with Crippen LogP contribution in [0.1, 0.15) is 16.5 Å². The molecule has 2 N–H and O–H groups in total. The third-order valence-corrected chi connectivity index (χ3v) is 3.12. The zero-order valence-corrected chi connectivity index (χ0v) is 8.13. The third kappa shape index (κ3) is 1.92. The van der Waals surface area contributed by atoms with Crippen molar-refractivity contribution in [2.24, 2.45) is 10.7 Å². The third-order valence-electron chi connectivity index (χ3n) is 2.07. The summed E-state index contributed by atoms with van der Waals surface area (Å²) in [6.07, 6.45) is 1.98. The first kappa shape index (κ1) is 8.78. The van der Waals surface area contributed by atoms with Gasteiger partial charge >= 0.3 is 0 Å². The maximum absolute atomic E-state index is 5.52. The SMILES string of the molecule is NCc1ccc(C2N=CCS2)cc1. The van der Waals surface area contributed by atoms with Gasteiger partial charge in [-0.3, -0.25) is 4.99 Å². The summed E-state index contributed by atoms with van der Waals surface area (Å²) in [5, 5.41) is 0.312. The summed E-state index contributed by atoms with van der Waals surface area (Å²) in [5.41, 5.74) is 7.97. The summed E-state index contributed by atoms with van der Waals surface area (Å²) >= 11 is 1.86. The lowest BCUT2D eigenvalue weighted by Crippen LogP contribution is -1.96. The highest BCUT2D eigenvalue weighted by molar-refractivity contribution is 8.00. The molecule has 2 nitrogen and oxygen atoms in total. The van der Waals surface area contributed by atoms with Crippen molar-refractivity contribution in [3.63, 3.8) is 0 Å². The second kappa shape index (κ2) is 3.94. The van der Waals surface area contributed by atoms with Gasteiger partial charge in [0.05, 0.1) is 0 Å². The zero-order valence-electron chi connectivity index (χ0n) is 7.31. The first-order chi connectivity index (χ1) is 6.40. The fourth-order valence-electron chi connectivity index (χ4n) is 1.32. The number of thioether (sulfide) groups is 1. The van der Waals surface area contributed by atoms with Crippen LogP contribution in [-0.2, 0) is 6.54 Å². The first-order valence-electron chi connectivity index (χ1n) is 4.32. The smallest absolute Gasteiger partial charge is 0.120 e. The molecule has 1 aliphatic heterocycles. The Morgan fingerprint density at radius 3 is 2.69 bits per heavy atom. The van der Waals surface area contributed by atoms with Crippen molar-refractivity contribution >= 4 is 18.0 Å². The summed E-state index contributed by atoms with van der Waals surface area (Å²) in [4.78, 5) is 4.37. The van der Waals surface area contributed by atoms with Gasteiger partial charge in [0.25, 0.3) is 0 Å². The average molecular weight is 192 g/mol. The van der Waals surface area contributed by atoms with E-state index in [2.05, 4.69) is 29.3 Å². The molecular formula is C10H12N2S. The van der Waals surface area contributed by atoms with Crippen molar-refractivity contribution in [3.8, 4) is 0 Å². The molecule has 1 aromatic rings. The van der Waals surface area contributed by atoms with Crippen molar-refractivity contribution in [3.05, 3.63) is 35.4 Å². The highest BCUT2D eigenvalue weighted by atomic mass is 32.2. The predicted octanol–water partition coefficient (Wildman–Crippen LogP) is 1.96. The Labute approximate surface area is 82.2 Å². The van der Waals surface area contributed by atoms with E-state index in [1.54, 1.807) is 0 Å². The Morgan fingerprint density at radius 1 is 1.38 bits per heavy atom. The van der Waals surface area contributed by atoms with Crippen LogP contribution < -0.4 is 5.73 Å². The van der Waals surface area contributed by atoms with E-state index in [0.717, 1.165) is 5.75 Å². The van der Waals surface area contributed by atoms with Gasteiger partial charge in [-0.1, -0.05) is 24.3 Å². The van der Waals surface area contributed by atoms with E-state index in [9.17, 15) is 0 Å². The van der Waals surface area contributed by atoms with E-state index >= 15 is 0 Å². The zero-order chi connectivity index (χ0) is 9.10. The molecular weight excluding hydrogens is 180 g/mol. The lowest BCUT2D eigenvalue weighted by atomic mass is 10.1. The standard InChI is InChI=1S/C10H12N2S/c11-7-8-1-3-9(4-2-8)10-12-5-6-13-10/h1-5,10H,6-7,11H2. The maximum Gasteiger partial charge on any atom is 0.120 e. The van der Waals surface area contributed by atoms with Gasteiger partial charge in [0.2, 0.25) is 0 Å². The monoisotopic (exact) mass is 192 g/mol. The molecule has 0 saturated heterocycles. The number of benzene rings is 1. The quantitative estimate of drug-likeness (QED) is 0.778. The molecule has 68 valence electrons. The van der Waals surface area contributed by atoms with Gasteiger partial charge in [-0.05, 0) is 11.1 Å². The molecule has 0 radical (unpaired) electrons. The van der Waals surface area contributed by atoms with Crippen molar-refractivity contribution in [1.82, 2.24) is 0 Å². The van der Waals surface area contributed by atoms with Gasteiger partial charge < -0.3 is 5.73 Å². The molecule has 0 spiro atoms. The Balaban J connectivity index is 2.17. The van der Waals surface area contributed by atoms with Gasteiger partial charge in [-0.15, -0.1) is 11.8 Å². The molecule has 0 amide bonds. The second-order valence-electron chi connectivity index (χ2n) is 2.96. The number of rotatable bonds is 2. The van der Waals surface area contributed by atoms with Gasteiger partial charge in [0, 0.05) is 18.5 Å². The van der Waals surface area contributed by atoms with Crippen molar-refractivity contribution in [2.75, 3.05) is 5.75 Å². The van der Waals surface area contributed by atoms with Gasteiger partial charge in [-0.2, -0.15) is 0 Å². The lowest BCUT2D eigenvalue weighted by Gasteiger charge is -2.06. The largest absolute Gasteiger partial charge is 0.326 e. The van der Waals surface area contributed by atoms with Crippen LogP contribution in [0.3, 0.4) is 0 Å². The molecule has 1 atom stereocenters. The molecule has 2 rings (SSSR count). The average Bonchev–Trinajstić information content (AvgIpc) is 2.71. The molecule has 0 bridgehead atoms. The number of nitrogens with zero attached hydrogens (tertiary/aromatic N) is 1. The van der Waals surface area contributed by atoms with Gasteiger partial charge in [0.15, 0.2) is 0 Å². The minimum Gasteiger partial charge on any atom is -0.326 e. The lowest BCUT2D eigenvalue weighted by molar-refractivity contribution is 1.03. The highest BCUT2D eigenvalue weighted by Crippen LogP contribution is 2.32. The topological polar surface area (TPSA) is 38.4 Å². The van der Waals surface area contributed by atoms with Crippen LogP contribution in [0, 0.1) is 0 Å². The van der Waals surface area contributed by atoms with E-state index < -0.39 is 0 Å². The maximum atomic E-state index is 5.52. The Hall–Kier alpha value is -0.800. The van der Waals surface area contributed by atoms with Crippen LogP contribution in [0.15, 0.2) is 29.3 Å². The number of hydrogen-bond donors (Lipinski definition) is 1. The van der Waals surface area contributed by atoms with Gasteiger partial charge in [0.1, 0.15) is 5.37 Å². The first-order valence-corrected chi connectivity index (χ1v) is 5.37. The number of hydrogen-bond acceptors (Lipinski definition) is 3. The van der Waals surface area contributed by atoms with Gasteiger partial charge in [-0.25, -0.2) is 0 Å². The minimum atomic E-state index is 0.312. The van der Waals surface area contributed by atoms with Crippen molar-refractivity contribution < 1.29 is 0 Å². The summed E-state index contributed by atoms with van der Waals surface area (Å²) in [5.74, 6) is 1.03. The summed E-state index contributed by atoms with van der Waals surface area (Å²) in [7, 11) is 0. The fourth-order valence-corrected chi connectivity index (χ4v) is 2.19. The molecule has 0 aromatic heterocycles. The van der Waals surface area contributed by atoms with Crippen molar-refractivity contribution in [1.29, 1.82) is 0 Å². The van der Waals surface area contributed by atoms with Crippen LogP contribution in [0.2, 0.25) is 0 Å². The van der Waals surface area contributed by atoms with E-state index in [-0.39, 0.29) is 0 Å². The molecule has 1 unspecified atom stereocenters. The van der Waals surface area contributed by atoms with E-state index in [1.165, 1.54) is 11.1 Å². The summed E-state index contributed by atoms with van der Waals surface area (Å²) in [6.45, 7) is 0.612. The fraction of sp³-hybridized carbons (Fsp3) is 0.300. The van der Waals surface area contributed by atoms with Crippen LogP contribution in [0.25, 0.3) is 0 Å². The molecule has 1 aliphatic rings. The predicted molar refractivity (Wildman–Crippen MR) is 58.0 cm³/mol. The number of aliphatic imine (C=N–C) groups is 1. The van der Waals surface area contributed by atoms with E-state index in [1.807, 2.05) is 18.0 Å². The number of nitrogens with two attached hydrogens (primary N) is 1. The summed E-state index contributed by atoms with van der Waals surface area (Å²) < 4.78 is 0. The van der Waals surface area contributed by atoms with E-state index in [0.29, 0.717) is 11.9 Å². The van der Waals surface area contributed by atoms with Crippen molar-refractivity contribution in [2.45, 2.75) is 11.9 Å². The molecule has 3 heteroatoms. The molecule has 1 aromatic carbocycles. The Bertz CT molecular complexity index is 305. The minimum absolute atomic E-state index is 0.312. The molecule has 0 saturated carbocycles. The van der Waals surface area contributed by atoms with E-state index in [4.69, 9.17) is 5.73 Å². The molecule has 0 fully saturated rings. The highest BCUT2D eigenvalue weighted by Gasteiger charge is 2.12. The Kier molecular flexibility index (Phi) is 2.66. The van der Waals surface area contributed by atoms with Crippen LogP contribution in [0.5, 0.6) is 0 Å². The molecule has 13 heavy (non-hydrogen) atoms.